The summed E-state index contributed by atoms with van der Waals surface area (Å²) in [6.45, 7) is 0. The Morgan fingerprint density at radius 3 is 2.42 bits per heavy atom. The van der Waals surface area contributed by atoms with Crippen molar-refractivity contribution >= 4 is 56.3 Å². The van der Waals surface area contributed by atoms with E-state index in [9.17, 15) is 0 Å². The van der Waals surface area contributed by atoms with Gasteiger partial charge in [-0.05, 0) is 35.4 Å². The second-order valence-electron chi connectivity index (χ2n) is 5.14. The Balaban J connectivity index is 1.83. The van der Waals surface area contributed by atoms with Gasteiger partial charge in [0.1, 0.15) is 10.6 Å². The zero-order valence-electron chi connectivity index (χ0n) is 12.3. The van der Waals surface area contributed by atoms with Crippen LogP contribution in [0.4, 0.5) is 11.5 Å². The van der Waals surface area contributed by atoms with Crippen molar-refractivity contribution in [2.45, 2.75) is 0 Å². The zero-order chi connectivity index (χ0) is 16.5. The van der Waals surface area contributed by atoms with Crippen molar-refractivity contribution in [3.63, 3.8) is 0 Å². The van der Waals surface area contributed by atoms with Gasteiger partial charge >= 0.3 is 0 Å². The number of anilines is 2. The van der Waals surface area contributed by atoms with Gasteiger partial charge in [0.15, 0.2) is 0 Å². The predicted octanol–water partition coefficient (Wildman–Crippen LogP) is 6.41. The van der Waals surface area contributed by atoms with Gasteiger partial charge < -0.3 is 5.32 Å². The maximum absolute atomic E-state index is 6.23. The zero-order valence-corrected chi connectivity index (χ0v) is 14.7. The molecule has 2 aromatic carbocycles. The van der Waals surface area contributed by atoms with Crippen molar-refractivity contribution in [1.82, 2.24) is 9.97 Å². The maximum atomic E-state index is 6.23. The lowest BCUT2D eigenvalue weighted by molar-refractivity contribution is 1.23. The molecule has 0 radical (unpaired) electrons. The molecule has 0 amide bonds. The highest BCUT2D eigenvalue weighted by molar-refractivity contribution is 7.22. The van der Waals surface area contributed by atoms with Gasteiger partial charge in [-0.3, -0.25) is 0 Å². The van der Waals surface area contributed by atoms with Gasteiger partial charge in [0.25, 0.3) is 0 Å². The first kappa shape index (κ1) is 15.4. The predicted molar refractivity (Wildman–Crippen MR) is 103 cm³/mol. The minimum Gasteiger partial charge on any atom is -0.338 e. The molecule has 6 heteroatoms. The standard InChI is InChI=1S/C18H11Cl2N3S/c19-13-8-4-5-9-14(13)21-16-12-10-15(11-6-2-1-3-7-11)24-17(12)23-18(20)22-16/h1-10H,(H,21,22,23). The Labute approximate surface area is 152 Å². The van der Waals surface area contributed by atoms with Crippen LogP contribution in [0.15, 0.2) is 60.7 Å². The van der Waals surface area contributed by atoms with Crippen molar-refractivity contribution in [3.8, 4) is 10.4 Å². The lowest BCUT2D eigenvalue weighted by atomic mass is 10.2. The third-order valence-electron chi connectivity index (χ3n) is 3.55. The number of fused-ring (bicyclic) bond motifs is 1. The van der Waals surface area contributed by atoms with E-state index in [0.717, 1.165) is 26.3 Å². The Morgan fingerprint density at radius 2 is 1.62 bits per heavy atom. The van der Waals surface area contributed by atoms with Gasteiger partial charge in [0.05, 0.1) is 16.1 Å². The molecule has 2 aromatic heterocycles. The molecule has 0 aliphatic carbocycles. The van der Waals surface area contributed by atoms with Gasteiger partial charge in [0, 0.05) is 4.88 Å². The fourth-order valence-corrected chi connectivity index (χ4v) is 3.86. The summed E-state index contributed by atoms with van der Waals surface area (Å²) in [5.41, 5.74) is 1.92. The van der Waals surface area contributed by atoms with Gasteiger partial charge in [-0.1, -0.05) is 54.1 Å². The first-order valence-corrected chi connectivity index (χ1v) is 8.82. The summed E-state index contributed by atoms with van der Waals surface area (Å²) in [5.74, 6) is 0.650. The lowest BCUT2D eigenvalue weighted by Gasteiger charge is -2.08. The number of hydrogen-bond donors (Lipinski definition) is 1. The van der Waals surface area contributed by atoms with E-state index < -0.39 is 0 Å². The molecule has 1 N–H and O–H groups in total. The Hall–Kier alpha value is -2.14. The molecular formula is C18H11Cl2N3S. The third kappa shape index (κ3) is 2.96. The number of thiophene rings is 1. The second-order valence-corrected chi connectivity index (χ2v) is 6.92. The number of benzene rings is 2. The average molecular weight is 372 g/mol. The molecule has 0 aliphatic rings. The number of hydrogen-bond acceptors (Lipinski definition) is 4. The van der Waals surface area contributed by atoms with Crippen LogP contribution in [-0.4, -0.2) is 9.97 Å². The van der Waals surface area contributed by atoms with Crippen molar-refractivity contribution in [2.24, 2.45) is 0 Å². The molecule has 4 aromatic rings. The summed E-state index contributed by atoms with van der Waals surface area (Å²) in [5, 5.41) is 5.01. The second kappa shape index (κ2) is 6.40. The summed E-state index contributed by atoms with van der Waals surface area (Å²) < 4.78 is 0. The van der Waals surface area contributed by atoms with Crippen LogP contribution in [0.2, 0.25) is 10.3 Å². The Kier molecular flexibility index (Phi) is 4.10. The van der Waals surface area contributed by atoms with E-state index in [2.05, 4.69) is 33.5 Å². The van der Waals surface area contributed by atoms with E-state index in [0.29, 0.717) is 10.8 Å². The molecule has 0 saturated heterocycles. The first-order chi connectivity index (χ1) is 11.7. The van der Waals surface area contributed by atoms with Gasteiger partial charge in [0.2, 0.25) is 5.28 Å². The third-order valence-corrected chi connectivity index (χ3v) is 5.13. The van der Waals surface area contributed by atoms with Crippen molar-refractivity contribution in [3.05, 3.63) is 71.0 Å². The number of aromatic nitrogens is 2. The van der Waals surface area contributed by atoms with Crippen LogP contribution in [0.1, 0.15) is 0 Å². The van der Waals surface area contributed by atoms with Crippen molar-refractivity contribution in [1.29, 1.82) is 0 Å². The number of rotatable bonds is 3. The molecule has 0 spiro atoms. The molecule has 0 bridgehead atoms. The molecule has 0 atom stereocenters. The molecule has 3 nitrogen and oxygen atoms in total. The van der Waals surface area contributed by atoms with E-state index in [1.165, 1.54) is 0 Å². The monoisotopic (exact) mass is 371 g/mol. The summed E-state index contributed by atoms with van der Waals surface area (Å²) in [4.78, 5) is 10.6. The first-order valence-electron chi connectivity index (χ1n) is 7.25. The van der Waals surface area contributed by atoms with Crippen LogP contribution in [0, 0.1) is 0 Å². The molecule has 0 fully saturated rings. The normalized spacial score (nSPS) is 10.9. The van der Waals surface area contributed by atoms with E-state index in [-0.39, 0.29) is 5.28 Å². The molecule has 0 saturated carbocycles. The lowest BCUT2D eigenvalue weighted by Crippen LogP contribution is -1.96. The molecule has 24 heavy (non-hydrogen) atoms. The number of para-hydroxylation sites is 1. The van der Waals surface area contributed by atoms with E-state index in [4.69, 9.17) is 23.2 Å². The average Bonchev–Trinajstić information content (AvgIpc) is 3.02. The van der Waals surface area contributed by atoms with Crippen LogP contribution in [0.25, 0.3) is 20.7 Å². The highest BCUT2D eigenvalue weighted by Crippen LogP contribution is 2.37. The summed E-state index contributed by atoms with van der Waals surface area (Å²) in [6, 6.07) is 19.8. The molecular weight excluding hydrogens is 361 g/mol. The highest BCUT2D eigenvalue weighted by Gasteiger charge is 2.13. The summed E-state index contributed by atoms with van der Waals surface area (Å²) in [7, 11) is 0. The fourth-order valence-electron chi connectivity index (χ4n) is 2.43. The van der Waals surface area contributed by atoms with Crippen LogP contribution >= 0.6 is 34.5 Å². The Bertz CT molecular complexity index is 1020. The minimum atomic E-state index is 0.207. The Morgan fingerprint density at radius 1 is 0.875 bits per heavy atom. The number of halogens is 2. The highest BCUT2D eigenvalue weighted by atomic mass is 35.5. The van der Waals surface area contributed by atoms with E-state index in [1.54, 1.807) is 11.3 Å². The molecule has 0 aliphatic heterocycles. The van der Waals surface area contributed by atoms with Crippen LogP contribution in [0.3, 0.4) is 0 Å². The molecule has 4 rings (SSSR count). The number of nitrogens with zero attached hydrogens (tertiary/aromatic N) is 2. The minimum absolute atomic E-state index is 0.207. The smallest absolute Gasteiger partial charge is 0.225 e. The van der Waals surface area contributed by atoms with Gasteiger partial charge in [-0.2, -0.15) is 4.98 Å². The maximum Gasteiger partial charge on any atom is 0.225 e. The number of nitrogens with one attached hydrogen (secondary N) is 1. The quantitative estimate of drug-likeness (QED) is 0.422. The van der Waals surface area contributed by atoms with E-state index >= 15 is 0 Å². The SMILES string of the molecule is Clc1nc(Nc2ccccc2Cl)c2cc(-c3ccccc3)sc2n1. The van der Waals surface area contributed by atoms with Crippen molar-refractivity contribution in [2.75, 3.05) is 5.32 Å². The largest absolute Gasteiger partial charge is 0.338 e. The molecule has 118 valence electrons. The van der Waals surface area contributed by atoms with Crippen LogP contribution in [0.5, 0.6) is 0 Å². The van der Waals surface area contributed by atoms with E-state index in [1.807, 2.05) is 42.5 Å². The van der Waals surface area contributed by atoms with Crippen LogP contribution < -0.4 is 5.32 Å². The van der Waals surface area contributed by atoms with Crippen LogP contribution in [-0.2, 0) is 0 Å². The molecule has 2 heterocycles. The summed E-state index contributed by atoms with van der Waals surface area (Å²) >= 11 is 13.9. The van der Waals surface area contributed by atoms with Gasteiger partial charge in [-0.25, -0.2) is 4.98 Å². The fraction of sp³-hybridized carbons (Fsp3) is 0. The molecule has 0 unspecified atom stereocenters. The summed E-state index contributed by atoms with van der Waals surface area (Å²) in [6.07, 6.45) is 0. The van der Waals surface area contributed by atoms with Crippen molar-refractivity contribution < 1.29 is 0 Å². The topological polar surface area (TPSA) is 37.8 Å². The van der Waals surface area contributed by atoms with Gasteiger partial charge in [-0.15, -0.1) is 11.3 Å².